The van der Waals surface area contributed by atoms with Gasteiger partial charge in [-0.1, -0.05) is 17.9 Å². The van der Waals surface area contributed by atoms with Crippen LogP contribution < -0.4 is 15.5 Å². The lowest BCUT2D eigenvalue weighted by Gasteiger charge is -2.39. The molecule has 66 heavy (non-hydrogen) atoms. The van der Waals surface area contributed by atoms with Crippen LogP contribution in [-0.4, -0.2) is 117 Å². The van der Waals surface area contributed by atoms with Gasteiger partial charge in [-0.2, -0.15) is 5.10 Å². The number of piperidine rings is 3. The minimum atomic E-state index is -2.71. The summed E-state index contributed by atoms with van der Waals surface area (Å²) in [5, 5.41) is 23.4. The number of aromatic amines is 1. The van der Waals surface area contributed by atoms with E-state index < -0.39 is 12.5 Å². The maximum Gasteiger partial charge on any atom is 0.264 e. The summed E-state index contributed by atoms with van der Waals surface area (Å²) in [6.07, 6.45) is 9.97. The van der Waals surface area contributed by atoms with E-state index in [0.717, 1.165) is 85.9 Å². The molecule has 9 rings (SSSR count). The first-order valence-electron chi connectivity index (χ1n) is 23.5. The van der Waals surface area contributed by atoms with Crippen molar-refractivity contribution in [3.8, 4) is 23.0 Å². The molecule has 2 aromatic carbocycles. The molecule has 0 radical (unpaired) electrons. The zero-order valence-corrected chi connectivity index (χ0v) is 37.5. The third kappa shape index (κ3) is 9.63. The van der Waals surface area contributed by atoms with Crippen LogP contribution in [0.15, 0.2) is 66.3 Å². The maximum atomic E-state index is 14.5. The lowest BCUT2D eigenvalue weighted by molar-refractivity contribution is -0.136. The van der Waals surface area contributed by atoms with Crippen molar-refractivity contribution in [2.45, 2.75) is 96.1 Å². The largest absolute Gasteiger partial charge is 0.385 e. The summed E-state index contributed by atoms with van der Waals surface area (Å²) in [6, 6.07) is 11.0. The number of hydrogen-bond donors (Lipinski definition) is 4. The zero-order chi connectivity index (χ0) is 45.9. The third-order valence-corrected chi connectivity index (χ3v) is 14.2. The topological polar surface area (TPSA) is 163 Å². The van der Waals surface area contributed by atoms with Gasteiger partial charge < -0.3 is 29.5 Å². The van der Waals surface area contributed by atoms with Crippen molar-refractivity contribution in [1.29, 1.82) is 5.41 Å². The first-order valence-corrected chi connectivity index (χ1v) is 23.5. The van der Waals surface area contributed by atoms with Crippen LogP contribution in [0.4, 0.5) is 14.5 Å². The Bertz CT molecular complexity index is 2590. The molecule has 5 aliphatic heterocycles. The zero-order valence-electron chi connectivity index (χ0n) is 37.5. The summed E-state index contributed by atoms with van der Waals surface area (Å²) in [7, 11) is 0. The van der Waals surface area contributed by atoms with Crippen LogP contribution in [-0.2, 0) is 25.6 Å². The average molecular weight is 901 g/mol. The number of nitrogens with zero attached hydrogens (tertiary/aromatic N) is 6. The van der Waals surface area contributed by atoms with E-state index in [9.17, 15) is 33.4 Å². The van der Waals surface area contributed by atoms with Crippen LogP contribution in [0.2, 0.25) is 0 Å². The van der Waals surface area contributed by atoms with Crippen molar-refractivity contribution in [2.24, 2.45) is 5.92 Å². The third-order valence-electron chi connectivity index (χ3n) is 14.2. The molecule has 0 spiro atoms. The van der Waals surface area contributed by atoms with Gasteiger partial charge >= 0.3 is 0 Å². The quantitative estimate of drug-likeness (QED) is 0.0624. The summed E-state index contributed by atoms with van der Waals surface area (Å²) in [6.45, 7) is 6.87. The fourth-order valence-corrected chi connectivity index (χ4v) is 10.4. The average Bonchev–Trinajstić information content (AvgIpc) is 4.02. The predicted molar refractivity (Wildman–Crippen MR) is 248 cm³/mol. The molecule has 16 heteroatoms. The number of benzene rings is 2. The van der Waals surface area contributed by atoms with Gasteiger partial charge in [0.05, 0.1) is 12.7 Å². The highest BCUT2D eigenvalue weighted by molar-refractivity contribution is 6.09. The Kier molecular flexibility index (Phi) is 13.3. The Morgan fingerprint density at radius 2 is 1.79 bits per heavy atom. The Labute approximate surface area is 383 Å². The Morgan fingerprint density at radius 1 is 0.970 bits per heavy atom. The number of hydrogen-bond acceptors (Lipinski definition) is 8. The van der Waals surface area contributed by atoms with Crippen molar-refractivity contribution in [3.05, 3.63) is 82.9 Å². The fourth-order valence-electron chi connectivity index (χ4n) is 10.4. The molecule has 346 valence electrons. The molecule has 7 heterocycles. The number of carbonyl (C=O) groups is 4. The van der Waals surface area contributed by atoms with Gasteiger partial charge in [-0.25, -0.2) is 8.78 Å². The van der Waals surface area contributed by atoms with Crippen molar-refractivity contribution in [3.63, 3.8) is 0 Å². The van der Waals surface area contributed by atoms with E-state index in [2.05, 4.69) is 37.6 Å². The summed E-state index contributed by atoms with van der Waals surface area (Å²) >= 11 is 0. The normalized spacial score (nSPS) is 20.1. The second-order valence-corrected chi connectivity index (χ2v) is 18.3. The number of imide groups is 1. The second-order valence-electron chi connectivity index (χ2n) is 18.3. The van der Waals surface area contributed by atoms with Crippen LogP contribution in [0.25, 0.3) is 22.0 Å². The highest BCUT2D eigenvalue weighted by atomic mass is 19.3. The van der Waals surface area contributed by atoms with E-state index in [0.29, 0.717) is 80.7 Å². The van der Waals surface area contributed by atoms with Gasteiger partial charge in [0.25, 0.3) is 6.43 Å². The van der Waals surface area contributed by atoms with Crippen LogP contribution >= 0.6 is 0 Å². The van der Waals surface area contributed by atoms with E-state index in [-0.39, 0.29) is 53.5 Å². The molecule has 0 saturated carbocycles. The second kappa shape index (κ2) is 19.6. The summed E-state index contributed by atoms with van der Waals surface area (Å²) in [5.74, 6) is 7.06. The summed E-state index contributed by atoms with van der Waals surface area (Å²) in [4.78, 5) is 58.2. The number of amidine groups is 1. The van der Waals surface area contributed by atoms with Crippen molar-refractivity contribution >= 4 is 46.1 Å². The molecular formula is C50H58F2N10O4. The van der Waals surface area contributed by atoms with E-state index >= 15 is 0 Å². The number of amides is 4. The number of halogens is 2. The lowest BCUT2D eigenvalue weighted by Crippen LogP contribution is -2.48. The Morgan fingerprint density at radius 3 is 2.53 bits per heavy atom. The minimum absolute atomic E-state index is 0.0721. The van der Waals surface area contributed by atoms with Gasteiger partial charge in [0, 0.05) is 121 Å². The molecule has 14 nitrogen and oxygen atoms in total. The fraction of sp³-hybridized carbons (Fsp3) is 0.480. The maximum absolute atomic E-state index is 14.5. The first kappa shape index (κ1) is 44.8. The van der Waals surface area contributed by atoms with Gasteiger partial charge in [-0.3, -0.25) is 35.0 Å². The smallest absolute Gasteiger partial charge is 0.264 e. The Hall–Kier alpha value is -6.34. The van der Waals surface area contributed by atoms with Crippen molar-refractivity contribution in [1.82, 2.24) is 40.1 Å². The highest BCUT2D eigenvalue weighted by Gasteiger charge is 2.33. The standard InChI is InChI=1S/C50H58F2N10O4/c1-32(63)60-25-18-42(41(31-60)49(53)62-20-3-6-35-27-39(36-29-54-55-30-36)40(48(51)52)28-45(35)62)56-37-15-23-59(24-16-37)47(65)8-4-19-58-21-13-33(14-22-58)9-10-34-5-2-7-43-38(34)17-26-61(43)44-11-12-46(64)57-50(44)66/h2,5,7,17,26-30,33,37,44,48,53,56H,3-4,6,8,11-16,18-25,31H2,1H3,(H,54,55)(H,57,64,66). The summed E-state index contributed by atoms with van der Waals surface area (Å²) in [5.41, 5.74) is 5.92. The monoisotopic (exact) mass is 900 g/mol. The molecule has 4 amide bonds. The number of anilines is 1. The SMILES string of the molecule is CC(=O)N1CCC(NC2CCN(C(=O)CCCN3CCC(C#Cc4cccc5c4ccn5C4CCC(=O)NC4=O)CC3)CC2)=C(C(=N)N2CCCc3cc(-c4cn[nH]c4)c(C(F)F)cc32)C1. The predicted octanol–water partition coefficient (Wildman–Crippen LogP) is 6.31. The molecule has 1 unspecified atom stereocenters. The molecule has 4 N–H and O–H groups in total. The first-order chi connectivity index (χ1) is 32.0. The van der Waals surface area contributed by atoms with Crippen LogP contribution in [0.1, 0.15) is 100 Å². The van der Waals surface area contributed by atoms with Gasteiger partial charge in [-0.15, -0.1) is 0 Å². The van der Waals surface area contributed by atoms with E-state index in [1.165, 1.54) is 13.0 Å². The van der Waals surface area contributed by atoms with Gasteiger partial charge in [0.15, 0.2) is 0 Å². The molecule has 0 aliphatic carbocycles. The molecule has 5 aliphatic rings. The van der Waals surface area contributed by atoms with Crippen LogP contribution in [0.3, 0.4) is 0 Å². The van der Waals surface area contributed by atoms with E-state index in [1.807, 2.05) is 50.9 Å². The Balaban J connectivity index is 0.757. The number of nitrogens with one attached hydrogen (secondary N) is 4. The summed E-state index contributed by atoms with van der Waals surface area (Å²) < 4.78 is 30.9. The number of H-pyrrole nitrogens is 1. The van der Waals surface area contributed by atoms with Gasteiger partial charge in [0.2, 0.25) is 23.6 Å². The van der Waals surface area contributed by atoms with Crippen molar-refractivity contribution < 1.29 is 28.0 Å². The highest BCUT2D eigenvalue weighted by Crippen LogP contribution is 2.40. The number of fused-ring (bicyclic) bond motifs is 2. The van der Waals surface area contributed by atoms with Crippen molar-refractivity contribution in [2.75, 3.05) is 57.3 Å². The number of likely N-dealkylation sites (tertiary alicyclic amines) is 2. The number of aryl methyl sites for hydroxylation is 1. The minimum Gasteiger partial charge on any atom is -0.385 e. The molecule has 4 aromatic rings. The molecule has 0 bridgehead atoms. The molecule has 2 aromatic heterocycles. The molecule has 1 atom stereocenters. The molecular weight excluding hydrogens is 843 g/mol. The van der Waals surface area contributed by atoms with Crippen LogP contribution in [0, 0.1) is 23.2 Å². The van der Waals surface area contributed by atoms with E-state index in [4.69, 9.17) is 0 Å². The molecule has 3 saturated heterocycles. The lowest BCUT2D eigenvalue weighted by atomic mass is 9.92. The number of rotatable bonds is 10. The number of alkyl halides is 2. The van der Waals surface area contributed by atoms with Crippen LogP contribution in [0.5, 0.6) is 0 Å². The number of aromatic nitrogens is 3. The number of carbonyl (C=O) groups excluding carboxylic acids is 4. The molecule has 3 fully saturated rings. The van der Waals surface area contributed by atoms with Gasteiger partial charge in [-0.05, 0) is 112 Å². The van der Waals surface area contributed by atoms with E-state index in [1.54, 1.807) is 17.3 Å². The van der Waals surface area contributed by atoms with Gasteiger partial charge in [0.1, 0.15) is 11.9 Å².